The number of likely N-dealkylation sites (N-methyl/N-ethyl adjacent to an activating group) is 1. The van der Waals surface area contributed by atoms with Gasteiger partial charge < -0.3 is 44.3 Å². The maximum atomic E-state index is 13.9. The lowest BCUT2D eigenvalue weighted by molar-refractivity contribution is -0.159. The van der Waals surface area contributed by atoms with Crippen molar-refractivity contribution < 1.29 is 38.4 Å². The van der Waals surface area contributed by atoms with E-state index < -0.39 is 47.8 Å². The van der Waals surface area contributed by atoms with E-state index in [9.17, 15) is 14.7 Å². The number of esters is 1. The molecule has 8 atom stereocenters. The number of amides is 1. The fourth-order valence-corrected chi connectivity index (χ4v) is 6.39. The van der Waals surface area contributed by atoms with Gasteiger partial charge in [-0.2, -0.15) is 0 Å². The number of carbonyl (C=O) groups excluding carboxylic acids is 2. The van der Waals surface area contributed by atoms with E-state index in [-0.39, 0.29) is 35.6 Å². The molecule has 0 spiro atoms. The second-order valence-corrected chi connectivity index (χ2v) is 12.7. The molecule has 2 fully saturated rings. The molecule has 0 saturated carbocycles. The largest absolute Gasteiger partial charge is 0.495 e. The predicted octanol–water partition coefficient (Wildman–Crippen LogP) is 4.65. The summed E-state index contributed by atoms with van der Waals surface area (Å²) in [5, 5.41) is 17.9. The van der Waals surface area contributed by atoms with Crippen LogP contribution in [0.4, 0.5) is 5.69 Å². The number of benzene rings is 1. The first-order valence-corrected chi connectivity index (χ1v) is 16.5. The lowest BCUT2D eigenvalue weighted by atomic mass is 9.83. The van der Waals surface area contributed by atoms with E-state index in [2.05, 4.69) is 17.2 Å². The summed E-state index contributed by atoms with van der Waals surface area (Å²) < 4.78 is 29.5. The number of allylic oxidation sites excluding steroid dienone is 3. The summed E-state index contributed by atoms with van der Waals surface area (Å²) in [6, 6.07) is 3.07. The van der Waals surface area contributed by atoms with Crippen LogP contribution < -0.4 is 20.3 Å². The maximum Gasteiger partial charge on any atom is 0.323 e. The lowest BCUT2D eigenvalue weighted by Crippen LogP contribution is -2.60. The molecule has 3 heterocycles. The van der Waals surface area contributed by atoms with E-state index in [0.717, 1.165) is 11.1 Å². The number of hydrogen-bond donors (Lipinski definition) is 3. The fourth-order valence-electron chi connectivity index (χ4n) is 6.08. The van der Waals surface area contributed by atoms with Crippen LogP contribution >= 0.6 is 11.6 Å². The van der Waals surface area contributed by atoms with Crippen LogP contribution in [0, 0.1) is 5.92 Å². The lowest BCUT2D eigenvalue weighted by Gasteiger charge is -2.44. The molecular weight excluding hydrogens is 626 g/mol. The monoisotopic (exact) mass is 677 g/mol. The number of methoxy groups -OCH3 is 2. The summed E-state index contributed by atoms with van der Waals surface area (Å²) >= 11 is 6.71. The van der Waals surface area contributed by atoms with Crippen LogP contribution in [0.5, 0.6) is 5.75 Å². The third-order valence-electron chi connectivity index (χ3n) is 9.07. The van der Waals surface area contributed by atoms with Crippen molar-refractivity contribution in [3.63, 3.8) is 0 Å². The molecule has 1 aromatic carbocycles. The highest BCUT2D eigenvalue weighted by atomic mass is 35.5. The number of aliphatic hydroxyl groups is 1. The van der Waals surface area contributed by atoms with Crippen molar-refractivity contribution in [1.82, 2.24) is 10.6 Å². The molecule has 11 nitrogen and oxygen atoms in total. The van der Waals surface area contributed by atoms with Gasteiger partial charge in [-0.05, 0) is 58.5 Å². The molecule has 2 saturated heterocycles. The molecule has 4 bridgehead atoms. The van der Waals surface area contributed by atoms with Gasteiger partial charge in [0.15, 0.2) is 11.6 Å². The highest BCUT2D eigenvalue weighted by Crippen LogP contribution is 2.49. The number of epoxide rings is 1. The Balaban J connectivity index is 0.00000294. The third-order valence-corrected chi connectivity index (χ3v) is 9.45. The summed E-state index contributed by atoms with van der Waals surface area (Å²) in [6.07, 6.45) is 3.41. The Bertz CT molecular complexity index is 1370. The minimum absolute atomic E-state index is 0.154. The molecule has 47 heavy (non-hydrogen) atoms. The zero-order chi connectivity index (χ0) is 35.3. The molecular formula is C35H52ClN3O8. The van der Waals surface area contributed by atoms with Gasteiger partial charge in [-0.25, -0.2) is 0 Å². The number of anilines is 1. The number of nitrogens with zero attached hydrogens (tertiary/aromatic N) is 1. The Hall–Kier alpha value is -3.09. The minimum Gasteiger partial charge on any atom is -0.495 e. The van der Waals surface area contributed by atoms with Crippen LogP contribution in [-0.4, -0.2) is 87.1 Å². The Labute approximate surface area is 284 Å². The second-order valence-electron chi connectivity index (χ2n) is 12.4. The van der Waals surface area contributed by atoms with Crippen LogP contribution in [0.3, 0.4) is 0 Å². The van der Waals surface area contributed by atoms with Crippen molar-refractivity contribution >= 4 is 29.2 Å². The summed E-state index contributed by atoms with van der Waals surface area (Å²) in [6.45, 7) is 15.3. The molecule has 3 aliphatic rings. The van der Waals surface area contributed by atoms with Crippen LogP contribution in [-0.2, 0) is 35.0 Å². The number of ether oxygens (including phenoxy) is 5. The average molecular weight is 678 g/mol. The normalized spacial score (nSPS) is 33.4. The number of fused-ring (bicyclic) bond motifs is 5. The molecule has 262 valence electrons. The number of hydrogen-bond acceptors (Lipinski definition) is 10. The van der Waals surface area contributed by atoms with Gasteiger partial charge >= 0.3 is 5.97 Å². The van der Waals surface area contributed by atoms with Gasteiger partial charge in [0.25, 0.3) is 0 Å². The Morgan fingerprint density at radius 1 is 1.30 bits per heavy atom. The van der Waals surface area contributed by atoms with Crippen LogP contribution in [0.15, 0.2) is 48.4 Å². The number of nitrogens with one attached hydrogen (secondary N) is 2. The van der Waals surface area contributed by atoms with E-state index in [0.29, 0.717) is 17.9 Å². The van der Waals surface area contributed by atoms with Crippen LogP contribution in [0.25, 0.3) is 0 Å². The standard InChI is InChI=1S/C33H46ClN3O8.C2H6/c1-18-11-10-12-26(42-9)33(40)17-25(43-21(4)36-33)19(2)30-32(5,45-30)27(44-31(39)20(3)35-6)16-28(38)37(7)23-14-22(13-18)15-24(41-8)29(23)34;1-2/h10-12,14-15,19-20,25-27,30,35-36,40H,4,13,16-17H2,1-3,5-9H3;1-2H3/b12-10+,18-11+;. The first-order valence-electron chi connectivity index (χ1n) is 16.1. The Kier molecular flexibility index (Phi) is 13.0. The average Bonchev–Trinajstić information content (AvgIpc) is 3.74. The van der Waals surface area contributed by atoms with Crippen molar-refractivity contribution in [2.75, 3.05) is 33.2 Å². The Morgan fingerprint density at radius 3 is 2.60 bits per heavy atom. The van der Waals surface area contributed by atoms with Gasteiger partial charge in [-0.1, -0.05) is 56.2 Å². The fraction of sp³-hybridized carbons (Fsp3) is 0.600. The molecule has 12 heteroatoms. The molecule has 0 aliphatic carbocycles. The van der Waals surface area contributed by atoms with Crippen molar-refractivity contribution in [3.8, 4) is 5.75 Å². The second kappa shape index (κ2) is 15.9. The molecule has 0 radical (unpaired) electrons. The highest BCUT2D eigenvalue weighted by molar-refractivity contribution is 6.35. The van der Waals surface area contributed by atoms with Gasteiger partial charge in [-0.3, -0.25) is 9.59 Å². The third kappa shape index (κ3) is 8.50. The van der Waals surface area contributed by atoms with Gasteiger partial charge in [0.1, 0.15) is 40.7 Å². The molecule has 4 rings (SSSR count). The summed E-state index contributed by atoms with van der Waals surface area (Å²) in [5.41, 5.74) is -0.204. The van der Waals surface area contributed by atoms with E-state index in [4.69, 9.17) is 35.3 Å². The summed E-state index contributed by atoms with van der Waals surface area (Å²) in [5.74, 6) is -0.512. The number of halogens is 1. The minimum atomic E-state index is -1.53. The van der Waals surface area contributed by atoms with Gasteiger partial charge in [0.2, 0.25) is 5.91 Å². The zero-order valence-electron chi connectivity index (χ0n) is 29.3. The number of carbonyl (C=O) groups is 2. The maximum absolute atomic E-state index is 13.9. The summed E-state index contributed by atoms with van der Waals surface area (Å²) in [4.78, 5) is 28.3. The SMILES string of the molecule is C=C1NC2(O)CC(O1)C(C)C1OC1(C)C(OC(=O)C(C)NC)CC(=O)N(C)c1cc(cc(OC)c1Cl)C/C(C)=C/C=C/C2OC.CC. The first-order chi connectivity index (χ1) is 22.2. The smallest absolute Gasteiger partial charge is 0.323 e. The molecule has 0 aromatic heterocycles. The van der Waals surface area contributed by atoms with Crippen molar-refractivity contribution in [2.24, 2.45) is 5.92 Å². The molecule has 1 amide bonds. The van der Waals surface area contributed by atoms with Gasteiger partial charge in [0, 0.05) is 26.5 Å². The molecule has 3 aliphatic heterocycles. The number of rotatable bonds is 5. The van der Waals surface area contributed by atoms with Gasteiger partial charge in [0.05, 0.1) is 25.3 Å². The first kappa shape index (κ1) is 38.4. The molecule has 8 unspecified atom stereocenters. The quantitative estimate of drug-likeness (QED) is 0.299. The van der Waals surface area contributed by atoms with Crippen LogP contribution in [0.1, 0.15) is 59.9 Å². The van der Waals surface area contributed by atoms with Crippen molar-refractivity contribution in [3.05, 3.63) is 59.0 Å². The summed E-state index contributed by atoms with van der Waals surface area (Å²) in [7, 11) is 6.33. The van der Waals surface area contributed by atoms with E-state index >= 15 is 0 Å². The van der Waals surface area contributed by atoms with E-state index in [1.165, 1.54) is 19.1 Å². The van der Waals surface area contributed by atoms with Gasteiger partial charge in [-0.15, -0.1) is 0 Å². The Morgan fingerprint density at radius 2 is 1.98 bits per heavy atom. The molecule has 1 aromatic rings. The van der Waals surface area contributed by atoms with Crippen molar-refractivity contribution in [1.29, 1.82) is 0 Å². The van der Waals surface area contributed by atoms with Crippen LogP contribution in [0.2, 0.25) is 5.02 Å². The van der Waals surface area contributed by atoms with E-state index in [1.807, 2.05) is 58.9 Å². The molecule has 3 N–H and O–H groups in total. The highest BCUT2D eigenvalue weighted by Gasteiger charge is 2.64. The predicted molar refractivity (Wildman–Crippen MR) is 182 cm³/mol. The van der Waals surface area contributed by atoms with E-state index in [1.54, 1.807) is 27.1 Å². The topological polar surface area (TPSA) is 131 Å². The van der Waals surface area contributed by atoms with Crippen molar-refractivity contribution in [2.45, 2.75) is 103 Å². The zero-order valence-corrected chi connectivity index (χ0v) is 30.1.